The van der Waals surface area contributed by atoms with Crippen LogP contribution in [0.5, 0.6) is 0 Å². The second-order valence-electron chi connectivity index (χ2n) is 4.91. The Kier molecular flexibility index (Phi) is 3.61. The molecule has 1 unspecified atom stereocenters. The summed E-state index contributed by atoms with van der Waals surface area (Å²) in [6.45, 7) is 5.76. The summed E-state index contributed by atoms with van der Waals surface area (Å²) in [6.07, 6.45) is 4.03. The van der Waals surface area contributed by atoms with E-state index >= 15 is 0 Å². The van der Waals surface area contributed by atoms with Gasteiger partial charge in [-0.15, -0.1) is 5.10 Å². The molecule has 17 heavy (non-hydrogen) atoms. The highest BCUT2D eigenvalue weighted by Crippen LogP contribution is 2.24. The van der Waals surface area contributed by atoms with Gasteiger partial charge in [0, 0.05) is 37.2 Å². The van der Waals surface area contributed by atoms with Crippen LogP contribution in [0.1, 0.15) is 25.0 Å². The summed E-state index contributed by atoms with van der Waals surface area (Å²) in [5.41, 5.74) is 0.943. The number of aromatic nitrogens is 2. The van der Waals surface area contributed by atoms with Crippen molar-refractivity contribution in [3.63, 3.8) is 0 Å². The molecule has 2 aliphatic heterocycles. The van der Waals surface area contributed by atoms with Crippen molar-refractivity contribution in [2.24, 2.45) is 0 Å². The lowest BCUT2D eigenvalue weighted by Gasteiger charge is -2.23. The van der Waals surface area contributed by atoms with Crippen molar-refractivity contribution in [1.82, 2.24) is 19.4 Å². The summed E-state index contributed by atoms with van der Waals surface area (Å²) >= 11 is 7.32. The number of likely N-dealkylation sites (tertiary alicyclic amines) is 2. The first-order valence-corrected chi connectivity index (χ1v) is 7.41. The Balaban J connectivity index is 1.55. The molecule has 3 heterocycles. The monoisotopic (exact) mass is 272 g/mol. The minimum absolute atomic E-state index is 0.745. The maximum absolute atomic E-state index is 6.04. The molecule has 2 aliphatic rings. The molecule has 1 aromatic rings. The molecule has 1 atom stereocenters. The number of nitrogens with zero attached hydrogens (tertiary/aromatic N) is 4. The molecule has 0 spiro atoms. The van der Waals surface area contributed by atoms with E-state index < -0.39 is 0 Å². The minimum atomic E-state index is 0.745. The molecule has 0 amide bonds. The standard InChI is InChI=1S/C11H17ClN4S/c12-11-10(13-14-17-11)8-15-6-3-9(7-15)16-4-1-2-5-16/h9H,1-8H2. The van der Waals surface area contributed by atoms with Gasteiger partial charge in [-0.25, -0.2) is 0 Å². The molecule has 2 saturated heterocycles. The SMILES string of the molecule is Clc1snnc1CN1CCC(N2CCCC2)C1. The third-order valence-electron chi connectivity index (χ3n) is 3.79. The number of hydrogen-bond donors (Lipinski definition) is 0. The van der Waals surface area contributed by atoms with E-state index in [1.807, 2.05) is 0 Å². The smallest absolute Gasteiger partial charge is 0.138 e. The van der Waals surface area contributed by atoms with Crippen molar-refractivity contribution in [1.29, 1.82) is 0 Å². The van der Waals surface area contributed by atoms with Crippen LogP contribution in [0.2, 0.25) is 4.34 Å². The number of halogens is 1. The second kappa shape index (κ2) is 5.18. The quantitative estimate of drug-likeness (QED) is 0.841. The summed E-state index contributed by atoms with van der Waals surface area (Å²) < 4.78 is 4.63. The molecular formula is C11H17ClN4S. The summed E-state index contributed by atoms with van der Waals surface area (Å²) in [5.74, 6) is 0. The van der Waals surface area contributed by atoms with Gasteiger partial charge in [-0.1, -0.05) is 16.1 Å². The lowest BCUT2D eigenvalue weighted by molar-refractivity contribution is 0.229. The third kappa shape index (κ3) is 2.62. The Morgan fingerprint density at radius 1 is 1.29 bits per heavy atom. The van der Waals surface area contributed by atoms with Crippen molar-refractivity contribution in [3.05, 3.63) is 10.0 Å². The third-order valence-corrected chi connectivity index (χ3v) is 4.77. The largest absolute Gasteiger partial charge is 0.299 e. The molecule has 2 fully saturated rings. The Labute approximate surface area is 111 Å². The predicted octanol–water partition coefficient (Wildman–Crippen LogP) is 1.86. The molecule has 3 rings (SSSR count). The van der Waals surface area contributed by atoms with Crippen LogP contribution in [0.3, 0.4) is 0 Å². The summed E-state index contributed by atoms with van der Waals surface area (Å²) in [6, 6.07) is 0.753. The molecule has 6 heteroatoms. The maximum atomic E-state index is 6.04. The van der Waals surface area contributed by atoms with E-state index in [2.05, 4.69) is 19.4 Å². The topological polar surface area (TPSA) is 32.3 Å². The first-order valence-electron chi connectivity index (χ1n) is 6.26. The molecule has 0 bridgehead atoms. The normalized spacial score (nSPS) is 27.0. The average molecular weight is 273 g/mol. The molecule has 0 radical (unpaired) electrons. The van der Waals surface area contributed by atoms with Crippen LogP contribution in [0.4, 0.5) is 0 Å². The van der Waals surface area contributed by atoms with Gasteiger partial charge in [0.1, 0.15) is 10.0 Å². The number of rotatable bonds is 3. The van der Waals surface area contributed by atoms with E-state index in [1.165, 1.54) is 43.9 Å². The summed E-state index contributed by atoms with van der Waals surface area (Å²) in [7, 11) is 0. The lowest BCUT2D eigenvalue weighted by Crippen LogP contribution is -2.35. The molecule has 94 valence electrons. The van der Waals surface area contributed by atoms with Crippen molar-refractivity contribution in [3.8, 4) is 0 Å². The zero-order chi connectivity index (χ0) is 11.7. The predicted molar refractivity (Wildman–Crippen MR) is 69.4 cm³/mol. The van der Waals surface area contributed by atoms with Gasteiger partial charge in [0.25, 0.3) is 0 Å². The van der Waals surface area contributed by atoms with E-state index in [4.69, 9.17) is 11.6 Å². The Hall–Kier alpha value is -0.230. The number of hydrogen-bond acceptors (Lipinski definition) is 5. The fourth-order valence-corrected chi connectivity index (χ4v) is 3.48. The highest BCUT2D eigenvalue weighted by molar-refractivity contribution is 7.10. The zero-order valence-electron chi connectivity index (χ0n) is 9.81. The van der Waals surface area contributed by atoms with Crippen LogP contribution in [-0.2, 0) is 6.54 Å². The van der Waals surface area contributed by atoms with Crippen LogP contribution in [0, 0.1) is 0 Å². The molecule has 4 nitrogen and oxygen atoms in total. The van der Waals surface area contributed by atoms with Crippen LogP contribution < -0.4 is 0 Å². The first-order chi connectivity index (χ1) is 8.33. The Morgan fingerprint density at radius 3 is 2.82 bits per heavy atom. The summed E-state index contributed by atoms with van der Waals surface area (Å²) in [4.78, 5) is 5.09. The molecule has 0 aliphatic carbocycles. The van der Waals surface area contributed by atoms with Crippen LogP contribution in [-0.4, -0.2) is 51.6 Å². The van der Waals surface area contributed by atoms with E-state index in [1.54, 1.807) is 0 Å². The molecule has 0 N–H and O–H groups in total. The second-order valence-corrected chi connectivity index (χ2v) is 6.27. The van der Waals surface area contributed by atoms with Crippen molar-refractivity contribution in [2.75, 3.05) is 26.2 Å². The first kappa shape index (κ1) is 11.8. The van der Waals surface area contributed by atoms with Gasteiger partial charge in [-0.2, -0.15) is 0 Å². The van der Waals surface area contributed by atoms with Gasteiger partial charge < -0.3 is 0 Å². The minimum Gasteiger partial charge on any atom is -0.299 e. The van der Waals surface area contributed by atoms with E-state index in [0.717, 1.165) is 35.7 Å². The van der Waals surface area contributed by atoms with Gasteiger partial charge in [0.05, 0.1) is 0 Å². The lowest BCUT2D eigenvalue weighted by atomic mass is 10.2. The van der Waals surface area contributed by atoms with Gasteiger partial charge in [-0.05, 0) is 32.4 Å². The highest BCUT2D eigenvalue weighted by atomic mass is 35.5. The molecular weight excluding hydrogens is 256 g/mol. The van der Waals surface area contributed by atoms with Gasteiger partial charge in [0.15, 0.2) is 0 Å². The van der Waals surface area contributed by atoms with Crippen LogP contribution >= 0.6 is 23.1 Å². The Bertz CT molecular complexity index is 377. The van der Waals surface area contributed by atoms with Crippen molar-refractivity contribution >= 4 is 23.1 Å². The van der Waals surface area contributed by atoms with E-state index in [0.29, 0.717) is 0 Å². The van der Waals surface area contributed by atoms with E-state index in [-0.39, 0.29) is 0 Å². The van der Waals surface area contributed by atoms with Gasteiger partial charge in [0.2, 0.25) is 0 Å². The molecule has 1 aromatic heterocycles. The molecule has 0 aromatic carbocycles. The van der Waals surface area contributed by atoms with Gasteiger partial charge >= 0.3 is 0 Å². The summed E-state index contributed by atoms with van der Waals surface area (Å²) in [5, 5.41) is 4.08. The van der Waals surface area contributed by atoms with E-state index in [9.17, 15) is 0 Å². The highest BCUT2D eigenvalue weighted by Gasteiger charge is 2.29. The average Bonchev–Trinajstić information content (AvgIpc) is 3.02. The fourth-order valence-electron chi connectivity index (χ4n) is 2.86. The van der Waals surface area contributed by atoms with Crippen LogP contribution in [0.15, 0.2) is 0 Å². The fraction of sp³-hybridized carbons (Fsp3) is 0.818. The van der Waals surface area contributed by atoms with Gasteiger partial charge in [-0.3, -0.25) is 9.80 Å². The van der Waals surface area contributed by atoms with Crippen molar-refractivity contribution in [2.45, 2.75) is 31.8 Å². The van der Waals surface area contributed by atoms with Crippen molar-refractivity contribution < 1.29 is 0 Å². The van der Waals surface area contributed by atoms with Crippen LogP contribution in [0.25, 0.3) is 0 Å². The Morgan fingerprint density at radius 2 is 2.12 bits per heavy atom. The molecule has 0 saturated carbocycles. The maximum Gasteiger partial charge on any atom is 0.138 e. The zero-order valence-corrected chi connectivity index (χ0v) is 11.4.